The summed E-state index contributed by atoms with van der Waals surface area (Å²) in [7, 11) is 0. The summed E-state index contributed by atoms with van der Waals surface area (Å²) in [4.78, 5) is 7.76. The van der Waals surface area contributed by atoms with Gasteiger partial charge in [-0.05, 0) is 53.3 Å². The average molecular weight is 475 g/mol. The second kappa shape index (κ2) is 6.77. The zero-order valence-corrected chi connectivity index (χ0v) is 20.1. The van der Waals surface area contributed by atoms with Crippen molar-refractivity contribution in [1.82, 2.24) is 4.98 Å². The van der Waals surface area contributed by atoms with E-state index in [2.05, 4.69) is 108 Å². The first-order chi connectivity index (χ1) is 18.3. The predicted octanol–water partition coefficient (Wildman–Crippen LogP) is 8.60. The number of nitrogens with zero attached hydrogens (tertiary/aromatic N) is 2. The maximum absolute atomic E-state index is 6.06. The predicted molar refractivity (Wildman–Crippen MR) is 151 cm³/mol. The van der Waals surface area contributed by atoms with Crippen LogP contribution in [0.2, 0.25) is 0 Å². The van der Waals surface area contributed by atoms with Gasteiger partial charge in [0.1, 0.15) is 17.0 Å². The van der Waals surface area contributed by atoms with Crippen LogP contribution in [0.25, 0.3) is 55.1 Å². The number of benzene rings is 4. The van der Waals surface area contributed by atoms with Crippen LogP contribution in [0.4, 0.5) is 5.82 Å². The van der Waals surface area contributed by atoms with E-state index in [1.807, 2.05) is 12.1 Å². The number of hydrogen-bond acceptors (Lipinski definition) is 3. The summed E-state index contributed by atoms with van der Waals surface area (Å²) in [6, 6.07) is 32.3. The molecule has 4 aromatic carbocycles. The molecule has 1 spiro atoms. The van der Waals surface area contributed by atoms with Crippen molar-refractivity contribution < 1.29 is 4.42 Å². The van der Waals surface area contributed by atoms with E-state index in [0.29, 0.717) is 5.92 Å². The summed E-state index contributed by atoms with van der Waals surface area (Å²) >= 11 is 0. The van der Waals surface area contributed by atoms with Gasteiger partial charge in [-0.15, -0.1) is 0 Å². The first kappa shape index (κ1) is 19.5. The molecule has 4 heterocycles. The Balaban J connectivity index is 1.23. The molecule has 0 N–H and O–H groups in total. The van der Waals surface area contributed by atoms with Crippen molar-refractivity contribution in [3.63, 3.8) is 0 Å². The van der Waals surface area contributed by atoms with Gasteiger partial charge in [0.15, 0.2) is 0 Å². The lowest BCUT2D eigenvalue weighted by atomic mass is 9.95. The second-order valence-corrected chi connectivity index (χ2v) is 10.5. The van der Waals surface area contributed by atoms with E-state index < -0.39 is 0 Å². The molecule has 1 aliphatic carbocycles. The highest BCUT2D eigenvalue weighted by atomic mass is 16.3. The molecule has 6 aromatic rings. The minimum Gasteiger partial charge on any atom is -0.456 e. The molecule has 2 aliphatic heterocycles. The van der Waals surface area contributed by atoms with Crippen LogP contribution in [-0.4, -0.2) is 10.5 Å². The molecule has 0 saturated heterocycles. The van der Waals surface area contributed by atoms with Gasteiger partial charge < -0.3 is 9.32 Å². The second-order valence-electron chi connectivity index (χ2n) is 10.5. The molecule has 2 aromatic heterocycles. The number of para-hydroxylation sites is 1. The number of pyridine rings is 1. The molecule has 3 nitrogen and oxygen atoms in total. The molecule has 0 amide bonds. The van der Waals surface area contributed by atoms with E-state index in [4.69, 9.17) is 9.40 Å². The Morgan fingerprint density at radius 1 is 0.703 bits per heavy atom. The largest absolute Gasteiger partial charge is 0.456 e. The standard InChI is InChI=1S/C34H22N2O/c1-2-12-26-25(11-1)31-28-20-34(28)16-5-6-17-36(34)33(31)35-32(26)23-9-7-8-21(18-23)22-14-15-30-27(19-22)24-10-3-4-13-29(24)37-30/h1-19,28H,20H2/t28?,34-/m1/s1. The molecular weight excluding hydrogens is 452 g/mol. The maximum Gasteiger partial charge on any atom is 0.138 e. The van der Waals surface area contributed by atoms with Crippen LogP contribution in [0.5, 0.6) is 0 Å². The van der Waals surface area contributed by atoms with Crippen LogP contribution in [0.15, 0.2) is 120 Å². The van der Waals surface area contributed by atoms with Crippen molar-refractivity contribution in [2.24, 2.45) is 0 Å². The summed E-state index contributed by atoms with van der Waals surface area (Å²) in [5.41, 5.74) is 7.88. The lowest BCUT2D eigenvalue weighted by molar-refractivity contribution is 0.669. The average Bonchev–Trinajstić information content (AvgIpc) is 3.40. The van der Waals surface area contributed by atoms with E-state index in [1.165, 1.54) is 33.9 Å². The minimum absolute atomic E-state index is 0.0934. The molecule has 37 heavy (non-hydrogen) atoms. The van der Waals surface area contributed by atoms with E-state index >= 15 is 0 Å². The van der Waals surface area contributed by atoms with E-state index in [9.17, 15) is 0 Å². The lowest BCUT2D eigenvalue weighted by Gasteiger charge is -2.27. The normalized spacial score (nSPS) is 21.0. The van der Waals surface area contributed by atoms with Crippen LogP contribution in [0.3, 0.4) is 0 Å². The van der Waals surface area contributed by atoms with Gasteiger partial charge in [0, 0.05) is 39.4 Å². The van der Waals surface area contributed by atoms with Crippen molar-refractivity contribution >= 4 is 38.5 Å². The highest BCUT2D eigenvalue weighted by molar-refractivity contribution is 6.06. The number of aromatic nitrogens is 1. The van der Waals surface area contributed by atoms with E-state index in [1.54, 1.807) is 0 Å². The molecule has 3 heteroatoms. The van der Waals surface area contributed by atoms with E-state index in [0.717, 1.165) is 39.0 Å². The third-order valence-corrected chi connectivity index (χ3v) is 8.51. The highest BCUT2D eigenvalue weighted by Crippen LogP contribution is 2.67. The zero-order chi connectivity index (χ0) is 24.1. The Labute approximate surface area is 214 Å². The molecule has 1 fully saturated rings. The van der Waals surface area contributed by atoms with Crippen LogP contribution in [-0.2, 0) is 0 Å². The lowest BCUT2D eigenvalue weighted by Crippen LogP contribution is -2.30. The number of anilines is 1. The first-order valence-electron chi connectivity index (χ1n) is 12.9. The molecule has 0 radical (unpaired) electrons. The molecule has 3 aliphatic rings. The van der Waals surface area contributed by atoms with Crippen LogP contribution in [0.1, 0.15) is 17.9 Å². The smallest absolute Gasteiger partial charge is 0.138 e. The molecule has 0 bridgehead atoms. The Bertz CT molecular complexity index is 1990. The quantitative estimate of drug-likeness (QED) is 0.252. The van der Waals surface area contributed by atoms with Gasteiger partial charge in [-0.25, -0.2) is 4.98 Å². The first-order valence-corrected chi connectivity index (χ1v) is 12.9. The molecule has 174 valence electrons. The molecular formula is C34H22N2O. The fourth-order valence-electron chi connectivity index (χ4n) is 6.69. The minimum atomic E-state index is 0.0934. The van der Waals surface area contributed by atoms with Gasteiger partial charge in [0.25, 0.3) is 0 Å². The fraction of sp³-hybridized carbons (Fsp3) is 0.0882. The third kappa shape index (κ3) is 2.53. The van der Waals surface area contributed by atoms with Crippen LogP contribution < -0.4 is 4.90 Å². The number of furan rings is 1. The summed E-state index contributed by atoms with van der Waals surface area (Å²) in [5, 5.41) is 4.86. The van der Waals surface area contributed by atoms with Crippen LogP contribution in [0, 0.1) is 0 Å². The summed E-state index contributed by atoms with van der Waals surface area (Å²) < 4.78 is 6.06. The third-order valence-electron chi connectivity index (χ3n) is 8.51. The van der Waals surface area contributed by atoms with Crippen molar-refractivity contribution in [2.45, 2.75) is 17.9 Å². The van der Waals surface area contributed by atoms with Crippen molar-refractivity contribution in [3.8, 4) is 22.4 Å². The van der Waals surface area contributed by atoms with Gasteiger partial charge in [-0.1, -0.05) is 78.9 Å². The molecule has 9 rings (SSSR count). The van der Waals surface area contributed by atoms with Crippen molar-refractivity contribution in [3.05, 3.63) is 121 Å². The Hall–Kier alpha value is -4.63. The van der Waals surface area contributed by atoms with Gasteiger partial charge in [-0.3, -0.25) is 0 Å². The zero-order valence-electron chi connectivity index (χ0n) is 20.1. The fourth-order valence-corrected chi connectivity index (χ4v) is 6.69. The Morgan fingerprint density at radius 2 is 1.49 bits per heavy atom. The number of hydrogen-bond donors (Lipinski definition) is 0. The van der Waals surface area contributed by atoms with Crippen molar-refractivity contribution in [2.75, 3.05) is 4.90 Å². The molecule has 1 unspecified atom stereocenters. The van der Waals surface area contributed by atoms with Gasteiger partial charge >= 0.3 is 0 Å². The van der Waals surface area contributed by atoms with Gasteiger partial charge in [-0.2, -0.15) is 0 Å². The maximum atomic E-state index is 6.06. The van der Waals surface area contributed by atoms with Gasteiger partial charge in [0.2, 0.25) is 0 Å². The topological polar surface area (TPSA) is 29.3 Å². The number of rotatable bonds is 2. The summed E-state index contributed by atoms with van der Waals surface area (Å²) in [6.07, 6.45) is 10.1. The summed E-state index contributed by atoms with van der Waals surface area (Å²) in [5.74, 6) is 1.64. The SMILES string of the molecule is C1=CN2c3nc(-c4cccc(-c5ccc6oc7ccccc7c6c5)c4)c4ccccc4c3C3C[C@]32C=C1. The number of allylic oxidation sites excluding steroid dienone is 2. The van der Waals surface area contributed by atoms with Crippen LogP contribution >= 0.6 is 0 Å². The Morgan fingerprint density at radius 3 is 2.43 bits per heavy atom. The van der Waals surface area contributed by atoms with E-state index in [-0.39, 0.29) is 5.54 Å². The number of fused-ring (bicyclic) bond motifs is 8. The highest BCUT2D eigenvalue weighted by Gasteiger charge is 2.64. The molecule has 1 saturated carbocycles. The monoisotopic (exact) mass is 474 g/mol. The Kier molecular flexibility index (Phi) is 3.58. The van der Waals surface area contributed by atoms with Gasteiger partial charge in [0.05, 0.1) is 11.2 Å². The molecule has 2 atom stereocenters. The van der Waals surface area contributed by atoms with Crippen molar-refractivity contribution in [1.29, 1.82) is 0 Å². The summed E-state index contributed by atoms with van der Waals surface area (Å²) in [6.45, 7) is 0.